The van der Waals surface area contributed by atoms with E-state index in [1.54, 1.807) is 0 Å². The summed E-state index contributed by atoms with van der Waals surface area (Å²) in [5, 5.41) is 0.674. The zero-order valence-electron chi connectivity index (χ0n) is 8.87. The van der Waals surface area contributed by atoms with Gasteiger partial charge in [-0.05, 0) is 36.8 Å². The Bertz CT molecular complexity index is 516. The molecule has 0 saturated carbocycles. The van der Waals surface area contributed by atoms with E-state index in [-0.39, 0.29) is 5.78 Å². The molecule has 0 aliphatic rings. The first-order chi connectivity index (χ1) is 7.65. The van der Waals surface area contributed by atoms with Gasteiger partial charge in [0.1, 0.15) is 0 Å². The molecule has 16 heavy (non-hydrogen) atoms. The van der Waals surface area contributed by atoms with Crippen LogP contribution in [-0.4, -0.2) is 5.78 Å². The van der Waals surface area contributed by atoms with Crippen molar-refractivity contribution >= 4 is 28.7 Å². The zero-order valence-corrected chi connectivity index (χ0v) is 10.4. The molecule has 1 aromatic heterocycles. The van der Waals surface area contributed by atoms with Crippen LogP contribution in [0.5, 0.6) is 0 Å². The van der Waals surface area contributed by atoms with Gasteiger partial charge in [-0.1, -0.05) is 23.7 Å². The SMILES string of the molecule is Cc1ccc(C(=O)Cc2cccc(Cl)c2)s1. The fourth-order valence-electron chi connectivity index (χ4n) is 1.50. The molecule has 1 nitrogen and oxygen atoms in total. The van der Waals surface area contributed by atoms with E-state index in [4.69, 9.17) is 11.6 Å². The number of rotatable bonds is 3. The van der Waals surface area contributed by atoms with Crippen LogP contribution in [0, 0.1) is 6.92 Å². The molecule has 0 saturated heterocycles. The maximum Gasteiger partial charge on any atom is 0.177 e. The number of carbonyl (C=O) groups excluding carboxylic acids is 1. The van der Waals surface area contributed by atoms with E-state index in [9.17, 15) is 4.79 Å². The molecule has 2 rings (SSSR count). The molecule has 0 aliphatic heterocycles. The lowest BCUT2D eigenvalue weighted by Gasteiger charge is -1.99. The molecule has 0 radical (unpaired) electrons. The highest BCUT2D eigenvalue weighted by molar-refractivity contribution is 7.14. The highest BCUT2D eigenvalue weighted by Crippen LogP contribution is 2.18. The number of halogens is 1. The summed E-state index contributed by atoms with van der Waals surface area (Å²) >= 11 is 7.41. The molecule has 1 aromatic carbocycles. The predicted octanol–water partition coefficient (Wildman–Crippen LogP) is 4.14. The summed E-state index contributed by atoms with van der Waals surface area (Å²) in [6.45, 7) is 2.00. The van der Waals surface area contributed by atoms with E-state index in [2.05, 4.69) is 0 Å². The number of hydrogen-bond donors (Lipinski definition) is 0. The Morgan fingerprint density at radius 3 is 2.75 bits per heavy atom. The normalized spacial score (nSPS) is 10.4. The number of thiophene rings is 1. The van der Waals surface area contributed by atoms with Gasteiger partial charge in [0.2, 0.25) is 0 Å². The average molecular weight is 251 g/mol. The van der Waals surface area contributed by atoms with Crippen molar-refractivity contribution in [2.24, 2.45) is 0 Å². The van der Waals surface area contributed by atoms with E-state index < -0.39 is 0 Å². The second-order valence-electron chi connectivity index (χ2n) is 3.64. The highest BCUT2D eigenvalue weighted by Gasteiger charge is 2.09. The Morgan fingerprint density at radius 1 is 1.31 bits per heavy atom. The first kappa shape index (κ1) is 11.4. The Kier molecular flexibility index (Phi) is 3.42. The van der Waals surface area contributed by atoms with E-state index >= 15 is 0 Å². The summed E-state index contributed by atoms with van der Waals surface area (Å²) in [6.07, 6.45) is 0.417. The molecule has 0 bridgehead atoms. The van der Waals surface area contributed by atoms with Crippen molar-refractivity contribution in [2.45, 2.75) is 13.3 Å². The van der Waals surface area contributed by atoms with Crippen LogP contribution >= 0.6 is 22.9 Å². The highest BCUT2D eigenvalue weighted by atomic mass is 35.5. The van der Waals surface area contributed by atoms with Crippen LogP contribution in [0.3, 0.4) is 0 Å². The minimum atomic E-state index is 0.153. The van der Waals surface area contributed by atoms with Crippen LogP contribution in [0.15, 0.2) is 36.4 Å². The van der Waals surface area contributed by atoms with Crippen LogP contribution < -0.4 is 0 Å². The molecule has 1 heterocycles. The minimum absolute atomic E-state index is 0.153. The maximum atomic E-state index is 11.9. The molecule has 0 spiro atoms. The van der Waals surface area contributed by atoms with Gasteiger partial charge in [-0.15, -0.1) is 11.3 Å². The summed E-state index contributed by atoms with van der Waals surface area (Å²) < 4.78 is 0. The van der Waals surface area contributed by atoms with Gasteiger partial charge >= 0.3 is 0 Å². The van der Waals surface area contributed by atoms with Gasteiger partial charge in [-0.3, -0.25) is 4.79 Å². The average Bonchev–Trinajstić information content (AvgIpc) is 2.65. The van der Waals surface area contributed by atoms with Crippen molar-refractivity contribution in [3.8, 4) is 0 Å². The number of hydrogen-bond acceptors (Lipinski definition) is 2. The van der Waals surface area contributed by atoms with Crippen molar-refractivity contribution in [3.05, 3.63) is 56.7 Å². The van der Waals surface area contributed by atoms with Crippen molar-refractivity contribution < 1.29 is 4.79 Å². The van der Waals surface area contributed by atoms with Crippen LogP contribution in [-0.2, 0) is 6.42 Å². The molecule has 0 fully saturated rings. The first-order valence-corrected chi connectivity index (χ1v) is 6.18. The van der Waals surface area contributed by atoms with Gasteiger partial charge in [0.25, 0.3) is 0 Å². The molecule has 0 aliphatic carbocycles. The molecule has 82 valence electrons. The second kappa shape index (κ2) is 4.81. The monoisotopic (exact) mass is 250 g/mol. The third kappa shape index (κ3) is 2.71. The zero-order chi connectivity index (χ0) is 11.5. The number of aryl methyl sites for hydroxylation is 1. The topological polar surface area (TPSA) is 17.1 Å². The van der Waals surface area contributed by atoms with Gasteiger partial charge in [0, 0.05) is 16.3 Å². The lowest BCUT2D eigenvalue weighted by Crippen LogP contribution is -2.00. The Labute approximate surface area is 104 Å². The van der Waals surface area contributed by atoms with E-state index in [1.807, 2.05) is 43.3 Å². The van der Waals surface area contributed by atoms with Crippen molar-refractivity contribution in [1.82, 2.24) is 0 Å². The lowest BCUT2D eigenvalue weighted by atomic mass is 10.1. The largest absolute Gasteiger partial charge is 0.293 e. The summed E-state index contributed by atoms with van der Waals surface area (Å²) in [7, 11) is 0. The summed E-state index contributed by atoms with van der Waals surface area (Å²) in [4.78, 5) is 13.9. The smallest absolute Gasteiger partial charge is 0.177 e. The lowest BCUT2D eigenvalue weighted by molar-refractivity contribution is 0.0997. The third-order valence-electron chi connectivity index (χ3n) is 2.27. The molecular weight excluding hydrogens is 240 g/mol. The van der Waals surface area contributed by atoms with E-state index in [0.717, 1.165) is 15.3 Å². The fourth-order valence-corrected chi connectivity index (χ4v) is 2.52. The Balaban J connectivity index is 2.13. The van der Waals surface area contributed by atoms with Crippen molar-refractivity contribution in [2.75, 3.05) is 0 Å². The maximum absolute atomic E-state index is 11.9. The number of benzene rings is 1. The third-order valence-corrected chi connectivity index (χ3v) is 3.55. The van der Waals surface area contributed by atoms with Crippen LogP contribution in [0.1, 0.15) is 20.1 Å². The molecule has 2 aromatic rings. The van der Waals surface area contributed by atoms with E-state index in [1.165, 1.54) is 11.3 Å². The van der Waals surface area contributed by atoms with E-state index in [0.29, 0.717) is 11.4 Å². The van der Waals surface area contributed by atoms with Crippen molar-refractivity contribution in [3.63, 3.8) is 0 Å². The van der Waals surface area contributed by atoms with Gasteiger partial charge in [-0.2, -0.15) is 0 Å². The molecule has 0 atom stereocenters. The number of Topliss-reactive ketones (excluding diaryl/α,β-unsaturated/α-hetero) is 1. The van der Waals surface area contributed by atoms with Gasteiger partial charge in [0.15, 0.2) is 5.78 Å². The standard InChI is InChI=1S/C13H11ClOS/c1-9-5-6-13(16-9)12(15)8-10-3-2-4-11(14)7-10/h2-7H,8H2,1H3. The number of ketones is 1. The molecular formula is C13H11ClOS. The Morgan fingerprint density at radius 2 is 2.12 bits per heavy atom. The quantitative estimate of drug-likeness (QED) is 0.749. The molecule has 0 N–H and O–H groups in total. The summed E-state index contributed by atoms with van der Waals surface area (Å²) in [5.74, 6) is 0.153. The first-order valence-electron chi connectivity index (χ1n) is 4.99. The van der Waals surface area contributed by atoms with Gasteiger partial charge in [-0.25, -0.2) is 0 Å². The number of carbonyl (C=O) groups is 1. The van der Waals surface area contributed by atoms with Gasteiger partial charge < -0.3 is 0 Å². The van der Waals surface area contributed by atoms with Crippen molar-refractivity contribution in [1.29, 1.82) is 0 Å². The van der Waals surface area contributed by atoms with Gasteiger partial charge in [0.05, 0.1) is 4.88 Å². The molecule has 0 unspecified atom stereocenters. The van der Waals surface area contributed by atoms with Crippen LogP contribution in [0.4, 0.5) is 0 Å². The van der Waals surface area contributed by atoms with Crippen LogP contribution in [0.2, 0.25) is 5.02 Å². The molecule has 0 amide bonds. The Hall–Kier alpha value is -1.12. The summed E-state index contributed by atoms with van der Waals surface area (Å²) in [6, 6.07) is 11.3. The second-order valence-corrected chi connectivity index (χ2v) is 5.36. The summed E-state index contributed by atoms with van der Waals surface area (Å²) in [5.41, 5.74) is 0.962. The minimum Gasteiger partial charge on any atom is -0.293 e. The molecule has 3 heteroatoms. The predicted molar refractivity (Wildman–Crippen MR) is 68.5 cm³/mol. The van der Waals surface area contributed by atoms with Crippen LogP contribution in [0.25, 0.3) is 0 Å². The fraction of sp³-hybridized carbons (Fsp3) is 0.154.